The van der Waals surface area contributed by atoms with E-state index in [-0.39, 0.29) is 34.8 Å². The minimum atomic E-state index is -2.99. The van der Waals surface area contributed by atoms with Crippen molar-refractivity contribution in [2.75, 3.05) is 0 Å². The third kappa shape index (κ3) is 3.05. The largest absolute Gasteiger partial charge is 0.365 e. The standard InChI is InChI=1S/C16H12F4N4O2/c1-7-12(16(21)25)14(15(19)20)22-24(7)6-8-5-11(23-26-8)13-9(17)3-2-4-10(13)18/h2-5,15H,6H2,1H3,(H2,21,25). The number of hydrogen-bond donors (Lipinski definition) is 1. The van der Waals surface area contributed by atoms with Crippen LogP contribution in [0.5, 0.6) is 0 Å². The maximum Gasteiger partial charge on any atom is 0.282 e. The van der Waals surface area contributed by atoms with E-state index >= 15 is 0 Å². The average molecular weight is 368 g/mol. The molecule has 0 unspecified atom stereocenters. The fraction of sp³-hybridized carbons (Fsp3) is 0.188. The number of carbonyl (C=O) groups excluding carboxylic acids is 1. The SMILES string of the molecule is Cc1c(C(N)=O)c(C(F)F)nn1Cc1cc(-c2c(F)cccc2F)no1. The molecule has 0 saturated heterocycles. The number of alkyl halides is 2. The highest BCUT2D eigenvalue weighted by Gasteiger charge is 2.26. The van der Waals surface area contributed by atoms with Crippen LogP contribution < -0.4 is 5.73 Å². The van der Waals surface area contributed by atoms with E-state index in [1.54, 1.807) is 0 Å². The summed E-state index contributed by atoms with van der Waals surface area (Å²) in [5, 5.41) is 7.27. The molecule has 1 aromatic carbocycles. The van der Waals surface area contributed by atoms with Crippen molar-refractivity contribution >= 4 is 5.91 Å². The number of hydrogen-bond acceptors (Lipinski definition) is 4. The molecule has 0 saturated carbocycles. The van der Waals surface area contributed by atoms with Crippen LogP contribution in [0.2, 0.25) is 0 Å². The van der Waals surface area contributed by atoms with Crippen molar-refractivity contribution in [1.82, 2.24) is 14.9 Å². The van der Waals surface area contributed by atoms with Crippen molar-refractivity contribution in [2.45, 2.75) is 19.9 Å². The number of amides is 1. The fourth-order valence-corrected chi connectivity index (χ4v) is 2.58. The maximum absolute atomic E-state index is 13.8. The predicted octanol–water partition coefficient (Wildman–Crippen LogP) is 3.21. The van der Waals surface area contributed by atoms with Crippen LogP contribution in [-0.4, -0.2) is 20.8 Å². The molecule has 3 rings (SSSR count). The first-order chi connectivity index (χ1) is 12.3. The summed E-state index contributed by atoms with van der Waals surface area (Å²) in [6.45, 7) is 1.22. The quantitative estimate of drug-likeness (QED) is 0.701. The minimum Gasteiger partial charge on any atom is -0.365 e. The molecule has 0 atom stereocenters. The van der Waals surface area contributed by atoms with Gasteiger partial charge in [0, 0.05) is 11.8 Å². The van der Waals surface area contributed by atoms with E-state index in [0.717, 1.165) is 16.8 Å². The van der Waals surface area contributed by atoms with E-state index in [4.69, 9.17) is 10.3 Å². The second kappa shape index (κ2) is 6.62. The molecular formula is C16H12F4N4O2. The Bertz CT molecular complexity index is 961. The van der Waals surface area contributed by atoms with Gasteiger partial charge in [-0.2, -0.15) is 5.10 Å². The van der Waals surface area contributed by atoms with Gasteiger partial charge >= 0.3 is 0 Å². The lowest BCUT2D eigenvalue weighted by Crippen LogP contribution is -2.14. The number of halogens is 4. The summed E-state index contributed by atoms with van der Waals surface area (Å²) in [4.78, 5) is 11.4. The van der Waals surface area contributed by atoms with Gasteiger partial charge in [-0.25, -0.2) is 17.6 Å². The number of aromatic nitrogens is 3. The number of rotatable bonds is 5. The van der Waals surface area contributed by atoms with E-state index in [0.29, 0.717) is 0 Å². The second-order valence-electron chi connectivity index (χ2n) is 5.44. The predicted molar refractivity (Wildman–Crippen MR) is 81.4 cm³/mol. The summed E-state index contributed by atoms with van der Waals surface area (Å²) in [5.41, 5.74) is 3.66. The van der Waals surface area contributed by atoms with Gasteiger partial charge in [0.1, 0.15) is 29.6 Å². The summed E-state index contributed by atoms with van der Waals surface area (Å²) < 4.78 is 59.8. The highest BCUT2D eigenvalue weighted by atomic mass is 19.3. The number of primary amides is 1. The van der Waals surface area contributed by atoms with Crippen LogP contribution in [-0.2, 0) is 6.54 Å². The minimum absolute atomic E-state index is 0.0929. The molecule has 2 heterocycles. The smallest absolute Gasteiger partial charge is 0.282 e. The van der Waals surface area contributed by atoms with Gasteiger partial charge in [0.2, 0.25) is 0 Å². The normalized spacial score (nSPS) is 11.3. The first-order valence-corrected chi connectivity index (χ1v) is 7.34. The van der Waals surface area contributed by atoms with Gasteiger partial charge in [-0.3, -0.25) is 9.48 Å². The van der Waals surface area contributed by atoms with Gasteiger partial charge in [0.25, 0.3) is 12.3 Å². The van der Waals surface area contributed by atoms with E-state index in [9.17, 15) is 22.4 Å². The van der Waals surface area contributed by atoms with Gasteiger partial charge < -0.3 is 10.3 Å². The molecule has 6 nitrogen and oxygen atoms in total. The molecule has 0 radical (unpaired) electrons. The van der Waals surface area contributed by atoms with E-state index < -0.39 is 29.7 Å². The van der Waals surface area contributed by atoms with Crippen LogP contribution in [0.3, 0.4) is 0 Å². The lowest BCUT2D eigenvalue weighted by Gasteiger charge is -2.01. The summed E-state index contributed by atoms with van der Waals surface area (Å²) in [7, 11) is 0. The monoisotopic (exact) mass is 368 g/mol. The molecule has 1 amide bonds. The van der Waals surface area contributed by atoms with Gasteiger partial charge in [-0.05, 0) is 19.1 Å². The molecule has 0 bridgehead atoms. The van der Waals surface area contributed by atoms with E-state index in [2.05, 4.69) is 10.3 Å². The second-order valence-corrected chi connectivity index (χ2v) is 5.44. The topological polar surface area (TPSA) is 86.9 Å². The highest BCUT2D eigenvalue weighted by molar-refractivity contribution is 5.95. The third-order valence-electron chi connectivity index (χ3n) is 3.77. The Hall–Kier alpha value is -3.17. The highest BCUT2D eigenvalue weighted by Crippen LogP contribution is 2.27. The summed E-state index contributed by atoms with van der Waals surface area (Å²) >= 11 is 0. The molecule has 10 heteroatoms. The van der Waals surface area contributed by atoms with E-state index in [1.807, 2.05) is 0 Å². The van der Waals surface area contributed by atoms with Crippen LogP contribution in [0.4, 0.5) is 17.6 Å². The van der Waals surface area contributed by atoms with Gasteiger partial charge in [0.15, 0.2) is 5.76 Å². The van der Waals surface area contributed by atoms with Crippen LogP contribution >= 0.6 is 0 Å². The zero-order chi connectivity index (χ0) is 19.0. The first-order valence-electron chi connectivity index (χ1n) is 7.34. The Balaban J connectivity index is 1.96. The van der Waals surface area contributed by atoms with Crippen LogP contribution in [0.15, 0.2) is 28.8 Å². The van der Waals surface area contributed by atoms with Gasteiger partial charge in [0.05, 0.1) is 11.1 Å². The average Bonchev–Trinajstić information content (AvgIpc) is 3.13. The van der Waals surface area contributed by atoms with Crippen molar-refractivity contribution in [2.24, 2.45) is 5.73 Å². The number of carbonyl (C=O) groups is 1. The van der Waals surface area contributed by atoms with E-state index in [1.165, 1.54) is 19.1 Å². The van der Waals surface area contributed by atoms with Crippen LogP contribution in [0.1, 0.15) is 33.9 Å². The Morgan fingerprint density at radius 1 is 1.31 bits per heavy atom. The van der Waals surface area contributed by atoms with Crippen molar-refractivity contribution in [3.8, 4) is 11.3 Å². The molecule has 2 N–H and O–H groups in total. The summed E-state index contributed by atoms with van der Waals surface area (Å²) in [5.74, 6) is -2.58. The number of benzene rings is 1. The molecule has 0 aliphatic carbocycles. The Morgan fingerprint density at radius 3 is 2.50 bits per heavy atom. The first kappa shape index (κ1) is 17.6. The molecule has 136 valence electrons. The maximum atomic E-state index is 13.8. The Labute approximate surface area is 144 Å². The van der Waals surface area contributed by atoms with Crippen LogP contribution in [0.25, 0.3) is 11.3 Å². The van der Waals surface area contributed by atoms with Crippen molar-refractivity contribution < 1.29 is 26.9 Å². The summed E-state index contributed by atoms with van der Waals surface area (Å²) in [6, 6.07) is 4.60. The molecule has 0 spiro atoms. The molecule has 0 aliphatic heterocycles. The molecule has 0 aliphatic rings. The third-order valence-corrected chi connectivity index (χ3v) is 3.77. The molecular weight excluding hydrogens is 356 g/mol. The Kier molecular flexibility index (Phi) is 4.49. The van der Waals surface area contributed by atoms with Crippen molar-refractivity contribution in [3.63, 3.8) is 0 Å². The fourth-order valence-electron chi connectivity index (χ4n) is 2.58. The van der Waals surface area contributed by atoms with Crippen LogP contribution in [0, 0.1) is 18.6 Å². The molecule has 0 fully saturated rings. The lowest BCUT2D eigenvalue weighted by molar-refractivity contribution is 0.0984. The molecule has 3 aromatic rings. The lowest BCUT2D eigenvalue weighted by atomic mass is 10.1. The van der Waals surface area contributed by atoms with Crippen molar-refractivity contribution in [1.29, 1.82) is 0 Å². The van der Waals surface area contributed by atoms with Gasteiger partial charge in [-0.15, -0.1) is 0 Å². The zero-order valence-electron chi connectivity index (χ0n) is 13.3. The molecule has 26 heavy (non-hydrogen) atoms. The zero-order valence-corrected chi connectivity index (χ0v) is 13.3. The number of nitrogens with zero attached hydrogens (tertiary/aromatic N) is 3. The summed E-state index contributed by atoms with van der Waals surface area (Å²) in [6.07, 6.45) is -2.99. The number of nitrogens with two attached hydrogens (primary N) is 1. The Morgan fingerprint density at radius 2 is 1.96 bits per heavy atom. The van der Waals surface area contributed by atoms with Gasteiger partial charge in [-0.1, -0.05) is 11.2 Å². The van der Waals surface area contributed by atoms with Crippen molar-refractivity contribution in [3.05, 3.63) is 58.6 Å². The molecule has 2 aromatic heterocycles.